The number of esters is 1. The number of amides is 2. The Kier molecular flexibility index (Phi) is 6.50. The maximum Gasteiger partial charge on any atom is 0.339 e. The van der Waals surface area contributed by atoms with E-state index in [1.807, 2.05) is 0 Å². The van der Waals surface area contributed by atoms with Crippen LogP contribution in [-0.2, 0) is 15.1 Å². The van der Waals surface area contributed by atoms with Gasteiger partial charge >= 0.3 is 5.97 Å². The molecule has 1 aliphatic heterocycles. The Hall–Kier alpha value is -4.27. The van der Waals surface area contributed by atoms with Crippen LogP contribution in [0.5, 0.6) is 5.75 Å². The van der Waals surface area contributed by atoms with E-state index in [-0.39, 0.29) is 23.4 Å². The second-order valence-corrected chi connectivity index (χ2v) is 8.21. The molecule has 1 aromatic heterocycles. The van der Waals surface area contributed by atoms with E-state index in [4.69, 9.17) is 9.47 Å². The van der Waals surface area contributed by atoms with Crippen molar-refractivity contribution in [3.8, 4) is 5.75 Å². The van der Waals surface area contributed by atoms with E-state index < -0.39 is 29.1 Å². The van der Waals surface area contributed by atoms with Crippen molar-refractivity contribution < 1.29 is 28.2 Å². The highest BCUT2D eigenvalue weighted by Gasteiger charge is 2.43. The lowest BCUT2D eigenvalue weighted by Gasteiger charge is -2.39. The second-order valence-electron chi connectivity index (χ2n) is 8.21. The molecule has 0 radical (unpaired) electrons. The summed E-state index contributed by atoms with van der Waals surface area (Å²) in [6.07, 6.45) is 1.89. The van der Waals surface area contributed by atoms with E-state index in [9.17, 15) is 18.8 Å². The van der Waals surface area contributed by atoms with Crippen LogP contribution in [0.15, 0.2) is 54.7 Å². The minimum absolute atomic E-state index is 0.104. The zero-order valence-electron chi connectivity index (χ0n) is 19.5. The first-order chi connectivity index (χ1) is 16.7. The Bertz CT molecular complexity index is 1330. The molecule has 0 aliphatic carbocycles. The lowest BCUT2D eigenvalue weighted by molar-refractivity contribution is -0.114. The lowest BCUT2D eigenvalue weighted by atomic mass is 9.80. The molecule has 2 amide bonds. The normalized spacial score (nSPS) is 16.5. The number of fused-ring (bicyclic) bond motifs is 1. The number of carbonyl (C=O) groups is 3. The number of hydrogen-bond donors (Lipinski definition) is 2. The molecule has 3 aromatic rings. The summed E-state index contributed by atoms with van der Waals surface area (Å²) in [5.74, 6) is -1.50. The molecular weight excluding hydrogens is 453 g/mol. The molecule has 0 spiro atoms. The Morgan fingerprint density at radius 3 is 2.66 bits per heavy atom. The van der Waals surface area contributed by atoms with Crippen molar-refractivity contribution in [2.24, 2.45) is 0 Å². The predicted octanol–water partition coefficient (Wildman–Crippen LogP) is 3.73. The number of hydrogen-bond acceptors (Lipinski definition) is 6. The van der Waals surface area contributed by atoms with Gasteiger partial charge in [0.2, 0.25) is 5.91 Å². The van der Waals surface area contributed by atoms with Crippen molar-refractivity contribution in [3.63, 3.8) is 0 Å². The average molecular weight is 477 g/mol. The molecular formula is C26H24FN3O5. The standard InChI is InChI=1S/C26H24FN3O5/c1-15-6-8-18(14-20(15)27)26(10-12-35-22-5-4-11-28-23(22)26)30-24(32)17-7-9-19(25(33)34-3)21(13-17)29-16(2)31/h4-9,11,13-14H,10,12H2,1-3H3,(H,29,31)(H,30,32)/t26-/m0/s1. The number of methoxy groups -OCH3 is 1. The average Bonchev–Trinajstić information content (AvgIpc) is 2.85. The van der Waals surface area contributed by atoms with E-state index in [0.717, 1.165) is 0 Å². The Morgan fingerprint density at radius 1 is 1.14 bits per heavy atom. The van der Waals surface area contributed by atoms with Gasteiger partial charge in [-0.05, 0) is 54.4 Å². The fourth-order valence-corrected chi connectivity index (χ4v) is 4.13. The van der Waals surface area contributed by atoms with Gasteiger partial charge in [-0.15, -0.1) is 0 Å². The van der Waals surface area contributed by atoms with Crippen molar-refractivity contribution in [2.45, 2.75) is 25.8 Å². The van der Waals surface area contributed by atoms with Crippen molar-refractivity contribution in [1.82, 2.24) is 10.3 Å². The van der Waals surface area contributed by atoms with Gasteiger partial charge in [-0.1, -0.05) is 12.1 Å². The molecule has 0 fully saturated rings. The number of rotatable bonds is 5. The third-order valence-electron chi connectivity index (χ3n) is 5.90. The molecule has 2 aromatic carbocycles. The number of pyridine rings is 1. The molecule has 0 saturated carbocycles. The number of halogens is 1. The maximum atomic E-state index is 14.6. The van der Waals surface area contributed by atoms with Gasteiger partial charge in [0.1, 0.15) is 22.8 Å². The molecule has 8 nitrogen and oxygen atoms in total. The fraction of sp³-hybridized carbons (Fsp3) is 0.231. The molecule has 180 valence electrons. The minimum atomic E-state index is -1.17. The van der Waals surface area contributed by atoms with E-state index >= 15 is 0 Å². The first kappa shape index (κ1) is 23.9. The van der Waals surface area contributed by atoms with Crippen molar-refractivity contribution in [3.05, 3.63) is 88.5 Å². The fourth-order valence-electron chi connectivity index (χ4n) is 4.13. The van der Waals surface area contributed by atoms with Gasteiger partial charge in [-0.25, -0.2) is 9.18 Å². The summed E-state index contributed by atoms with van der Waals surface area (Å²) in [4.78, 5) is 41.8. The largest absolute Gasteiger partial charge is 0.491 e. The third kappa shape index (κ3) is 4.57. The summed E-state index contributed by atoms with van der Waals surface area (Å²) in [5, 5.41) is 5.59. The smallest absolute Gasteiger partial charge is 0.339 e. The van der Waals surface area contributed by atoms with Gasteiger partial charge in [0.15, 0.2) is 0 Å². The molecule has 35 heavy (non-hydrogen) atoms. The number of ether oxygens (including phenoxy) is 2. The number of carbonyl (C=O) groups excluding carboxylic acids is 3. The molecule has 2 N–H and O–H groups in total. The van der Waals surface area contributed by atoms with Gasteiger partial charge in [0, 0.05) is 25.1 Å². The van der Waals surface area contributed by atoms with E-state index in [2.05, 4.69) is 15.6 Å². The molecule has 0 unspecified atom stereocenters. The monoisotopic (exact) mass is 477 g/mol. The van der Waals surface area contributed by atoms with E-state index in [1.54, 1.807) is 37.4 Å². The first-order valence-electron chi connectivity index (χ1n) is 10.9. The number of benzene rings is 2. The van der Waals surface area contributed by atoms with Crippen molar-refractivity contribution in [1.29, 1.82) is 0 Å². The molecule has 0 saturated heterocycles. The van der Waals surface area contributed by atoms with Crippen LogP contribution in [-0.4, -0.2) is 36.5 Å². The van der Waals surface area contributed by atoms with Crippen LogP contribution in [0.3, 0.4) is 0 Å². The van der Waals surface area contributed by atoms with Crippen LogP contribution >= 0.6 is 0 Å². The molecule has 2 heterocycles. The quantitative estimate of drug-likeness (QED) is 0.543. The number of nitrogens with zero attached hydrogens (tertiary/aromatic N) is 1. The Labute approximate surface area is 201 Å². The molecule has 0 bridgehead atoms. The molecule has 1 aliphatic rings. The number of aryl methyl sites for hydroxylation is 1. The van der Waals surface area contributed by atoms with Gasteiger partial charge in [-0.3, -0.25) is 14.6 Å². The zero-order valence-corrected chi connectivity index (χ0v) is 19.5. The summed E-state index contributed by atoms with van der Waals surface area (Å²) in [6.45, 7) is 3.22. The number of aromatic nitrogens is 1. The first-order valence-corrected chi connectivity index (χ1v) is 10.9. The van der Waals surface area contributed by atoms with Crippen LogP contribution in [0.2, 0.25) is 0 Å². The molecule has 1 atom stereocenters. The number of anilines is 1. The van der Waals surface area contributed by atoms with Gasteiger partial charge in [-0.2, -0.15) is 0 Å². The topological polar surface area (TPSA) is 107 Å². The predicted molar refractivity (Wildman–Crippen MR) is 126 cm³/mol. The highest BCUT2D eigenvalue weighted by molar-refractivity contribution is 6.04. The zero-order chi connectivity index (χ0) is 25.2. The van der Waals surface area contributed by atoms with Crippen LogP contribution < -0.4 is 15.4 Å². The summed E-state index contributed by atoms with van der Waals surface area (Å²) >= 11 is 0. The van der Waals surface area contributed by atoms with Crippen LogP contribution in [0.1, 0.15) is 50.9 Å². The summed E-state index contributed by atoms with van der Waals surface area (Å²) in [5.41, 5.74) is 0.696. The van der Waals surface area contributed by atoms with Crippen LogP contribution in [0.25, 0.3) is 0 Å². The van der Waals surface area contributed by atoms with E-state index in [1.165, 1.54) is 38.3 Å². The molecule has 4 rings (SSSR count). The van der Waals surface area contributed by atoms with Crippen LogP contribution in [0.4, 0.5) is 10.1 Å². The number of nitrogens with one attached hydrogen (secondary N) is 2. The van der Waals surface area contributed by atoms with E-state index in [0.29, 0.717) is 29.0 Å². The Morgan fingerprint density at radius 2 is 1.94 bits per heavy atom. The van der Waals surface area contributed by atoms with Gasteiger partial charge in [0.25, 0.3) is 5.91 Å². The summed E-state index contributed by atoms with van der Waals surface area (Å²) < 4.78 is 25.1. The highest BCUT2D eigenvalue weighted by atomic mass is 19.1. The summed E-state index contributed by atoms with van der Waals surface area (Å²) in [7, 11) is 1.22. The van der Waals surface area contributed by atoms with Crippen molar-refractivity contribution in [2.75, 3.05) is 19.0 Å². The van der Waals surface area contributed by atoms with Gasteiger partial charge < -0.3 is 20.1 Å². The van der Waals surface area contributed by atoms with Crippen LogP contribution in [0, 0.1) is 12.7 Å². The minimum Gasteiger partial charge on any atom is -0.491 e. The Balaban J connectivity index is 1.80. The second kappa shape index (κ2) is 9.54. The highest BCUT2D eigenvalue weighted by Crippen LogP contribution is 2.41. The summed E-state index contributed by atoms with van der Waals surface area (Å²) in [6, 6.07) is 12.5. The lowest BCUT2D eigenvalue weighted by Crippen LogP contribution is -2.50. The maximum absolute atomic E-state index is 14.6. The third-order valence-corrected chi connectivity index (χ3v) is 5.90. The molecule has 9 heteroatoms. The SMILES string of the molecule is COC(=O)c1ccc(C(=O)N[C@]2(c3ccc(C)c(F)c3)CCOc3cccnc32)cc1NC(C)=O. The van der Waals surface area contributed by atoms with Crippen molar-refractivity contribution >= 4 is 23.5 Å². The van der Waals surface area contributed by atoms with Gasteiger partial charge in [0.05, 0.1) is 25.0 Å².